The smallest absolute Gasteiger partial charge is 0.339 e. The number of aromatic carboxylic acids is 1. The number of carboxylic acid groups (broad SMARTS) is 1. The number of nitrogens with zero attached hydrogens (tertiary/aromatic N) is 3. The Morgan fingerprint density at radius 1 is 1.15 bits per heavy atom. The second-order valence-electron chi connectivity index (χ2n) is 8.29. The number of carbonyl (C=O) groups is 1. The Bertz CT molecular complexity index is 1330. The van der Waals surface area contributed by atoms with E-state index >= 15 is 0 Å². The number of piperazine rings is 1. The molecule has 34 heavy (non-hydrogen) atoms. The van der Waals surface area contributed by atoms with Crippen LogP contribution in [0.25, 0.3) is 0 Å². The van der Waals surface area contributed by atoms with Crippen LogP contribution in [0.5, 0.6) is 0 Å². The van der Waals surface area contributed by atoms with Crippen LogP contribution in [0.3, 0.4) is 0 Å². The highest BCUT2D eigenvalue weighted by Crippen LogP contribution is 2.28. The van der Waals surface area contributed by atoms with Crippen molar-refractivity contribution in [1.82, 2.24) is 4.98 Å². The number of halogens is 1. The third-order valence-electron chi connectivity index (χ3n) is 5.72. The van der Waals surface area contributed by atoms with E-state index < -0.39 is 21.8 Å². The number of sulfonamides is 1. The van der Waals surface area contributed by atoms with Gasteiger partial charge >= 0.3 is 5.97 Å². The molecule has 3 aromatic rings. The fourth-order valence-electron chi connectivity index (χ4n) is 4.11. The van der Waals surface area contributed by atoms with Gasteiger partial charge in [-0.05, 0) is 55.8 Å². The summed E-state index contributed by atoms with van der Waals surface area (Å²) in [5.41, 5.74) is 2.14. The Kier molecular flexibility index (Phi) is 6.43. The molecule has 1 aliphatic heterocycles. The molecule has 178 valence electrons. The average molecular weight is 485 g/mol. The molecule has 2 heterocycles. The maximum absolute atomic E-state index is 13.5. The minimum absolute atomic E-state index is 0.0168. The number of pyridine rings is 1. The number of hydrogen-bond acceptors (Lipinski definition) is 6. The van der Waals surface area contributed by atoms with Gasteiger partial charge < -0.3 is 14.9 Å². The summed E-state index contributed by atoms with van der Waals surface area (Å²) in [7, 11) is -4.11. The summed E-state index contributed by atoms with van der Waals surface area (Å²) in [6, 6.07) is 14.1. The highest BCUT2D eigenvalue weighted by molar-refractivity contribution is 7.92. The quantitative estimate of drug-likeness (QED) is 0.549. The molecule has 0 amide bonds. The lowest BCUT2D eigenvalue weighted by Crippen LogP contribution is -2.52. The van der Waals surface area contributed by atoms with Crippen LogP contribution in [0.2, 0.25) is 0 Å². The van der Waals surface area contributed by atoms with Crippen molar-refractivity contribution in [3.8, 4) is 0 Å². The fourth-order valence-corrected chi connectivity index (χ4v) is 5.18. The fraction of sp³-hybridized carbons (Fsp3) is 0.250. The molecule has 1 fully saturated rings. The summed E-state index contributed by atoms with van der Waals surface area (Å²) in [5.74, 6) is -1.64. The average Bonchev–Trinajstić information content (AvgIpc) is 2.78. The van der Waals surface area contributed by atoms with Crippen molar-refractivity contribution in [3.05, 3.63) is 77.7 Å². The first kappa shape index (κ1) is 23.5. The van der Waals surface area contributed by atoms with Crippen molar-refractivity contribution in [2.45, 2.75) is 24.8 Å². The molecular weight excluding hydrogens is 459 g/mol. The Hall–Kier alpha value is -3.66. The molecule has 1 saturated heterocycles. The number of benzene rings is 2. The van der Waals surface area contributed by atoms with Crippen molar-refractivity contribution in [2.24, 2.45) is 0 Å². The number of anilines is 3. The van der Waals surface area contributed by atoms with Crippen molar-refractivity contribution in [1.29, 1.82) is 0 Å². The zero-order valence-electron chi connectivity index (χ0n) is 18.8. The van der Waals surface area contributed by atoms with Crippen molar-refractivity contribution in [2.75, 3.05) is 34.2 Å². The molecule has 0 aliphatic carbocycles. The highest BCUT2D eigenvalue weighted by atomic mass is 32.2. The molecule has 10 heteroatoms. The van der Waals surface area contributed by atoms with Crippen LogP contribution in [0.4, 0.5) is 21.6 Å². The van der Waals surface area contributed by atoms with E-state index in [0.717, 1.165) is 17.8 Å². The van der Waals surface area contributed by atoms with Gasteiger partial charge in [-0.15, -0.1) is 0 Å². The Balaban J connectivity index is 1.56. The Morgan fingerprint density at radius 2 is 1.91 bits per heavy atom. The Morgan fingerprint density at radius 3 is 2.59 bits per heavy atom. The lowest BCUT2D eigenvalue weighted by molar-refractivity contribution is 0.0697. The summed E-state index contributed by atoms with van der Waals surface area (Å²) in [6.07, 6.45) is 1.27. The SMILES string of the molecule is Cc1cccc(N2CCN(c3ncc(NS(=O)(=O)c4cccc(F)c4)cc3C(=O)O)C[C@@H]2C)c1. The molecule has 2 N–H and O–H groups in total. The summed E-state index contributed by atoms with van der Waals surface area (Å²) >= 11 is 0. The van der Waals surface area contributed by atoms with E-state index in [1.807, 2.05) is 24.0 Å². The van der Waals surface area contributed by atoms with Gasteiger partial charge in [0.2, 0.25) is 0 Å². The van der Waals surface area contributed by atoms with Crippen molar-refractivity contribution >= 4 is 33.2 Å². The maximum atomic E-state index is 13.5. The van der Waals surface area contributed by atoms with Gasteiger partial charge in [0.15, 0.2) is 0 Å². The van der Waals surface area contributed by atoms with E-state index in [0.29, 0.717) is 19.6 Å². The zero-order valence-corrected chi connectivity index (χ0v) is 19.6. The van der Waals surface area contributed by atoms with Crippen LogP contribution in [0.1, 0.15) is 22.8 Å². The molecule has 0 spiro atoms. The Labute approximate surface area is 197 Å². The molecule has 1 aromatic heterocycles. The topological polar surface area (TPSA) is 103 Å². The molecule has 1 atom stereocenters. The standard InChI is InChI=1S/C24H25FN4O4S/c1-16-5-3-7-20(11-16)29-10-9-28(15-17(29)2)23-22(24(30)31)13-19(14-26-23)27-34(32,33)21-8-4-6-18(25)12-21/h3-8,11-14,17,27H,9-10,15H2,1-2H3,(H,30,31)/t17-/m0/s1. The third-order valence-corrected chi connectivity index (χ3v) is 7.09. The molecule has 0 saturated carbocycles. The first-order chi connectivity index (χ1) is 16.1. The summed E-state index contributed by atoms with van der Waals surface area (Å²) < 4.78 is 40.9. The zero-order chi connectivity index (χ0) is 24.5. The monoisotopic (exact) mass is 484 g/mol. The predicted molar refractivity (Wildman–Crippen MR) is 129 cm³/mol. The van der Waals surface area contributed by atoms with Crippen LogP contribution in [-0.2, 0) is 10.0 Å². The van der Waals surface area contributed by atoms with Crippen LogP contribution in [0.15, 0.2) is 65.7 Å². The van der Waals surface area contributed by atoms with Crippen LogP contribution in [-0.4, -0.2) is 50.2 Å². The van der Waals surface area contributed by atoms with Crippen molar-refractivity contribution < 1.29 is 22.7 Å². The van der Waals surface area contributed by atoms with Gasteiger partial charge in [-0.3, -0.25) is 4.72 Å². The normalized spacial score (nSPS) is 16.4. The first-order valence-electron chi connectivity index (χ1n) is 10.7. The lowest BCUT2D eigenvalue weighted by Gasteiger charge is -2.42. The van der Waals surface area contributed by atoms with Crippen LogP contribution >= 0.6 is 0 Å². The van der Waals surface area contributed by atoms with Gasteiger partial charge in [-0.25, -0.2) is 22.6 Å². The largest absolute Gasteiger partial charge is 0.478 e. The number of carboxylic acids is 1. The number of aromatic nitrogens is 1. The minimum Gasteiger partial charge on any atom is -0.478 e. The molecular formula is C24H25FN4O4S. The molecule has 0 unspecified atom stereocenters. The van der Waals surface area contributed by atoms with E-state index in [-0.39, 0.29) is 28.0 Å². The number of nitrogens with one attached hydrogen (secondary N) is 1. The van der Waals surface area contributed by atoms with E-state index in [4.69, 9.17) is 0 Å². The molecule has 4 rings (SSSR count). The van der Waals surface area contributed by atoms with Gasteiger partial charge in [0.05, 0.1) is 16.8 Å². The molecule has 0 bridgehead atoms. The van der Waals surface area contributed by atoms with Crippen LogP contribution in [0, 0.1) is 12.7 Å². The van der Waals surface area contributed by atoms with Crippen molar-refractivity contribution in [3.63, 3.8) is 0 Å². The van der Waals surface area contributed by atoms with E-state index in [1.54, 1.807) is 0 Å². The first-order valence-corrected chi connectivity index (χ1v) is 12.2. The second-order valence-corrected chi connectivity index (χ2v) is 9.97. The molecule has 2 aromatic carbocycles. The van der Waals surface area contributed by atoms with Gasteiger partial charge in [0, 0.05) is 31.4 Å². The van der Waals surface area contributed by atoms with E-state index in [1.165, 1.54) is 30.0 Å². The maximum Gasteiger partial charge on any atom is 0.339 e. The van der Waals surface area contributed by atoms with Gasteiger partial charge in [-0.2, -0.15) is 0 Å². The molecule has 8 nitrogen and oxygen atoms in total. The molecule has 0 radical (unpaired) electrons. The van der Waals surface area contributed by atoms with E-state index in [9.17, 15) is 22.7 Å². The highest BCUT2D eigenvalue weighted by Gasteiger charge is 2.28. The van der Waals surface area contributed by atoms with E-state index in [2.05, 4.69) is 33.7 Å². The lowest BCUT2D eigenvalue weighted by atomic mass is 10.1. The molecule has 1 aliphatic rings. The third kappa shape index (κ3) is 4.96. The summed E-state index contributed by atoms with van der Waals surface area (Å²) in [4.78, 5) is 20.2. The van der Waals surface area contributed by atoms with Crippen LogP contribution < -0.4 is 14.5 Å². The second kappa shape index (κ2) is 9.30. The predicted octanol–water partition coefficient (Wildman–Crippen LogP) is 3.74. The van der Waals surface area contributed by atoms with Gasteiger partial charge in [0.1, 0.15) is 17.2 Å². The number of rotatable bonds is 6. The summed E-state index contributed by atoms with van der Waals surface area (Å²) in [6.45, 7) is 5.89. The van der Waals surface area contributed by atoms with Gasteiger partial charge in [0.25, 0.3) is 10.0 Å². The number of aryl methyl sites for hydroxylation is 1. The minimum atomic E-state index is -4.11. The number of hydrogen-bond donors (Lipinski definition) is 2. The van der Waals surface area contributed by atoms with Gasteiger partial charge in [-0.1, -0.05) is 18.2 Å². The summed E-state index contributed by atoms with van der Waals surface area (Å²) in [5, 5.41) is 9.80.